The molecular formula is C15H20ClNO3S. The van der Waals surface area contributed by atoms with E-state index in [2.05, 4.69) is 5.32 Å². The zero-order valence-corrected chi connectivity index (χ0v) is 13.6. The van der Waals surface area contributed by atoms with Crippen LogP contribution in [0.3, 0.4) is 0 Å². The third-order valence-corrected chi connectivity index (χ3v) is 5.36. The van der Waals surface area contributed by atoms with Gasteiger partial charge in [-0.05, 0) is 43.4 Å². The molecule has 0 bridgehead atoms. The fourth-order valence-corrected chi connectivity index (χ4v) is 3.50. The lowest BCUT2D eigenvalue weighted by atomic mass is 9.89. The number of nitrogens with one attached hydrogen (secondary N) is 1. The lowest BCUT2D eigenvalue weighted by Crippen LogP contribution is -2.30. The Labute approximate surface area is 130 Å². The van der Waals surface area contributed by atoms with Crippen LogP contribution in [0.4, 0.5) is 0 Å². The van der Waals surface area contributed by atoms with Crippen LogP contribution in [-0.4, -0.2) is 20.9 Å². The topological polar surface area (TPSA) is 63.2 Å². The van der Waals surface area contributed by atoms with Gasteiger partial charge in [0.25, 0.3) is 15.0 Å². The second-order valence-corrected chi connectivity index (χ2v) is 8.19. The maximum Gasteiger partial charge on any atom is 0.261 e. The quantitative estimate of drug-likeness (QED) is 0.862. The summed E-state index contributed by atoms with van der Waals surface area (Å²) in [6.45, 7) is 2.43. The number of halogens is 1. The predicted molar refractivity (Wildman–Crippen MR) is 83.1 cm³/mol. The molecule has 1 aromatic carbocycles. The van der Waals surface area contributed by atoms with Gasteiger partial charge in [-0.1, -0.05) is 25.3 Å². The van der Waals surface area contributed by atoms with Crippen molar-refractivity contribution in [2.45, 2.75) is 43.9 Å². The maximum absolute atomic E-state index is 12.2. The van der Waals surface area contributed by atoms with Crippen molar-refractivity contribution in [3.63, 3.8) is 0 Å². The molecule has 1 aliphatic carbocycles. The highest BCUT2D eigenvalue weighted by molar-refractivity contribution is 8.13. The number of hydrogen-bond acceptors (Lipinski definition) is 3. The molecule has 0 unspecified atom stereocenters. The number of hydrogen-bond donors (Lipinski definition) is 1. The van der Waals surface area contributed by atoms with Crippen LogP contribution in [-0.2, 0) is 9.05 Å². The van der Waals surface area contributed by atoms with Crippen molar-refractivity contribution in [2.75, 3.05) is 6.54 Å². The Balaban J connectivity index is 2.07. The molecule has 0 aromatic heterocycles. The van der Waals surface area contributed by atoms with E-state index in [0.29, 0.717) is 18.0 Å². The number of carbonyl (C=O) groups excluding carboxylic acids is 1. The van der Waals surface area contributed by atoms with Crippen LogP contribution in [0.1, 0.15) is 48.0 Å². The number of rotatable bonds is 4. The largest absolute Gasteiger partial charge is 0.352 e. The van der Waals surface area contributed by atoms with Gasteiger partial charge in [0.05, 0.1) is 4.90 Å². The van der Waals surface area contributed by atoms with E-state index in [-0.39, 0.29) is 10.8 Å². The molecule has 1 aliphatic rings. The van der Waals surface area contributed by atoms with Crippen molar-refractivity contribution in [1.82, 2.24) is 5.32 Å². The minimum atomic E-state index is -3.82. The van der Waals surface area contributed by atoms with Crippen LogP contribution in [0.25, 0.3) is 0 Å². The Morgan fingerprint density at radius 1 is 1.29 bits per heavy atom. The fraction of sp³-hybridized carbons (Fsp3) is 0.533. The minimum Gasteiger partial charge on any atom is -0.352 e. The van der Waals surface area contributed by atoms with Crippen LogP contribution < -0.4 is 5.32 Å². The molecule has 0 radical (unpaired) electrons. The molecule has 21 heavy (non-hydrogen) atoms. The summed E-state index contributed by atoms with van der Waals surface area (Å²) in [4.78, 5) is 12.2. The third-order valence-electron chi connectivity index (χ3n) is 4.01. The van der Waals surface area contributed by atoms with E-state index >= 15 is 0 Å². The summed E-state index contributed by atoms with van der Waals surface area (Å²) in [7, 11) is 1.51. The van der Waals surface area contributed by atoms with Gasteiger partial charge in [0.2, 0.25) is 0 Å². The van der Waals surface area contributed by atoms with Crippen LogP contribution in [0, 0.1) is 12.8 Å². The number of carbonyl (C=O) groups is 1. The lowest BCUT2D eigenvalue weighted by molar-refractivity contribution is 0.0942. The lowest BCUT2D eigenvalue weighted by Gasteiger charge is -2.22. The van der Waals surface area contributed by atoms with Gasteiger partial charge >= 0.3 is 0 Å². The highest BCUT2D eigenvalue weighted by atomic mass is 35.7. The first-order valence-corrected chi connectivity index (χ1v) is 9.52. The molecule has 0 spiro atoms. The van der Waals surface area contributed by atoms with Gasteiger partial charge in [0.15, 0.2) is 0 Å². The Bertz CT molecular complexity index is 622. The highest BCUT2D eigenvalue weighted by Gasteiger charge is 2.18. The molecule has 1 amide bonds. The van der Waals surface area contributed by atoms with E-state index in [1.165, 1.54) is 31.4 Å². The summed E-state index contributed by atoms with van der Waals surface area (Å²) in [6, 6.07) is 4.36. The van der Waals surface area contributed by atoms with E-state index in [4.69, 9.17) is 10.7 Å². The molecule has 0 aliphatic heterocycles. The highest BCUT2D eigenvalue weighted by Crippen LogP contribution is 2.23. The molecule has 0 atom stereocenters. The molecule has 4 nitrogen and oxygen atoms in total. The molecule has 1 N–H and O–H groups in total. The maximum atomic E-state index is 12.2. The molecule has 0 saturated heterocycles. The van der Waals surface area contributed by atoms with Crippen molar-refractivity contribution in [1.29, 1.82) is 0 Å². The van der Waals surface area contributed by atoms with Crippen molar-refractivity contribution in [3.8, 4) is 0 Å². The predicted octanol–water partition coefficient (Wildman–Crippen LogP) is 3.23. The standard InChI is InChI=1S/C15H20ClNO3S/c1-11-7-8-13(21(16,19)20)9-14(11)15(18)17-10-12-5-3-2-4-6-12/h7-9,12H,2-6,10H2,1H3,(H,17,18). The molecule has 116 valence electrons. The number of amides is 1. The molecule has 1 fully saturated rings. The zero-order valence-electron chi connectivity index (χ0n) is 12.1. The summed E-state index contributed by atoms with van der Waals surface area (Å²) in [6.07, 6.45) is 6.02. The number of benzene rings is 1. The van der Waals surface area contributed by atoms with Gasteiger partial charge in [-0.15, -0.1) is 0 Å². The molecular weight excluding hydrogens is 310 g/mol. The number of aryl methyl sites for hydroxylation is 1. The van der Waals surface area contributed by atoms with Gasteiger partial charge < -0.3 is 5.32 Å². The minimum absolute atomic E-state index is 0.0439. The van der Waals surface area contributed by atoms with Gasteiger partial charge in [0, 0.05) is 22.8 Å². The average molecular weight is 330 g/mol. The van der Waals surface area contributed by atoms with Crippen molar-refractivity contribution >= 4 is 25.6 Å². The SMILES string of the molecule is Cc1ccc(S(=O)(=O)Cl)cc1C(=O)NCC1CCCCC1. The monoisotopic (exact) mass is 329 g/mol. The first-order chi connectivity index (χ1) is 9.88. The Morgan fingerprint density at radius 3 is 2.57 bits per heavy atom. The van der Waals surface area contributed by atoms with Crippen molar-refractivity contribution in [3.05, 3.63) is 29.3 Å². The van der Waals surface area contributed by atoms with Gasteiger partial charge in [0.1, 0.15) is 0 Å². The molecule has 0 heterocycles. The first-order valence-electron chi connectivity index (χ1n) is 7.21. The van der Waals surface area contributed by atoms with E-state index < -0.39 is 9.05 Å². The summed E-state index contributed by atoms with van der Waals surface area (Å²) < 4.78 is 22.7. The average Bonchev–Trinajstić information content (AvgIpc) is 2.45. The fourth-order valence-electron chi connectivity index (χ4n) is 2.72. The Kier molecular flexibility index (Phi) is 5.27. The van der Waals surface area contributed by atoms with Crippen LogP contribution >= 0.6 is 10.7 Å². The van der Waals surface area contributed by atoms with E-state index in [1.54, 1.807) is 13.0 Å². The van der Waals surface area contributed by atoms with Crippen LogP contribution in [0.5, 0.6) is 0 Å². The summed E-state index contributed by atoms with van der Waals surface area (Å²) in [5.41, 5.74) is 1.10. The second kappa shape index (κ2) is 6.79. The van der Waals surface area contributed by atoms with Crippen LogP contribution in [0.15, 0.2) is 23.1 Å². The van der Waals surface area contributed by atoms with Gasteiger partial charge in [-0.2, -0.15) is 0 Å². The van der Waals surface area contributed by atoms with Crippen molar-refractivity contribution in [2.24, 2.45) is 5.92 Å². The molecule has 1 aromatic rings. The Hall–Kier alpha value is -1.07. The van der Waals surface area contributed by atoms with E-state index in [1.807, 2.05) is 0 Å². The molecule has 6 heteroatoms. The van der Waals surface area contributed by atoms with E-state index in [0.717, 1.165) is 18.4 Å². The summed E-state index contributed by atoms with van der Waals surface area (Å²) in [5.74, 6) is 0.295. The smallest absolute Gasteiger partial charge is 0.261 e. The van der Waals surface area contributed by atoms with Crippen molar-refractivity contribution < 1.29 is 13.2 Å². The third kappa shape index (κ3) is 4.45. The van der Waals surface area contributed by atoms with Crippen LogP contribution in [0.2, 0.25) is 0 Å². The van der Waals surface area contributed by atoms with Gasteiger partial charge in [-0.3, -0.25) is 4.79 Å². The molecule has 1 saturated carbocycles. The molecule has 2 rings (SSSR count). The second-order valence-electron chi connectivity index (χ2n) is 5.63. The summed E-state index contributed by atoms with van der Waals surface area (Å²) >= 11 is 0. The summed E-state index contributed by atoms with van der Waals surface area (Å²) in [5, 5.41) is 2.91. The zero-order chi connectivity index (χ0) is 15.5. The normalized spacial score (nSPS) is 16.7. The van der Waals surface area contributed by atoms with E-state index in [9.17, 15) is 13.2 Å². The van der Waals surface area contributed by atoms with Gasteiger partial charge in [-0.25, -0.2) is 8.42 Å². The first kappa shape index (κ1) is 16.3. The Morgan fingerprint density at radius 2 is 1.95 bits per heavy atom.